The minimum atomic E-state index is -0.391. The molecule has 0 radical (unpaired) electrons. The molecule has 0 aromatic heterocycles. The van der Waals surface area contributed by atoms with Gasteiger partial charge in [-0.15, -0.1) is 0 Å². The van der Waals surface area contributed by atoms with Gasteiger partial charge < -0.3 is 10.2 Å². The molecule has 2 atom stereocenters. The second-order valence-electron chi connectivity index (χ2n) is 3.12. The van der Waals surface area contributed by atoms with Crippen LogP contribution < -0.4 is 0 Å². The molecule has 11 heavy (non-hydrogen) atoms. The SMILES string of the molecule is C=C(O)C1CC=C(C)C(O)C1. The van der Waals surface area contributed by atoms with Crippen molar-refractivity contribution in [1.29, 1.82) is 0 Å². The smallest absolute Gasteiger partial charge is 0.0886 e. The number of aliphatic hydroxyl groups excluding tert-OH is 2. The fraction of sp³-hybridized carbons (Fsp3) is 0.556. The Bertz CT molecular complexity index is 194. The molecule has 0 fully saturated rings. The number of hydrogen-bond acceptors (Lipinski definition) is 2. The van der Waals surface area contributed by atoms with E-state index in [-0.39, 0.29) is 11.7 Å². The second-order valence-corrected chi connectivity index (χ2v) is 3.12. The van der Waals surface area contributed by atoms with Gasteiger partial charge in [0.25, 0.3) is 0 Å². The molecular formula is C9H14O2. The minimum absolute atomic E-state index is 0.0497. The van der Waals surface area contributed by atoms with E-state index in [1.54, 1.807) is 0 Å². The van der Waals surface area contributed by atoms with Gasteiger partial charge in [0.1, 0.15) is 0 Å². The van der Waals surface area contributed by atoms with E-state index in [1.807, 2.05) is 13.0 Å². The Balaban J connectivity index is 2.62. The molecule has 0 amide bonds. The zero-order chi connectivity index (χ0) is 8.43. The molecule has 0 bridgehead atoms. The normalized spacial score (nSPS) is 31.3. The lowest BCUT2D eigenvalue weighted by molar-refractivity contribution is 0.159. The van der Waals surface area contributed by atoms with Gasteiger partial charge in [-0.1, -0.05) is 12.7 Å². The Hall–Kier alpha value is -0.760. The van der Waals surface area contributed by atoms with Crippen molar-refractivity contribution in [2.45, 2.75) is 25.9 Å². The van der Waals surface area contributed by atoms with Gasteiger partial charge in [0.2, 0.25) is 0 Å². The summed E-state index contributed by atoms with van der Waals surface area (Å²) in [5, 5.41) is 18.4. The summed E-state index contributed by atoms with van der Waals surface area (Å²) in [6, 6.07) is 0. The molecule has 62 valence electrons. The molecule has 0 saturated heterocycles. The third-order valence-electron chi connectivity index (χ3n) is 2.23. The van der Waals surface area contributed by atoms with Gasteiger partial charge >= 0.3 is 0 Å². The summed E-state index contributed by atoms with van der Waals surface area (Å²) in [6.07, 6.45) is 2.98. The Morgan fingerprint density at radius 1 is 1.73 bits per heavy atom. The van der Waals surface area contributed by atoms with E-state index in [0.717, 1.165) is 12.0 Å². The molecule has 1 aliphatic rings. The standard InChI is InChI=1S/C9H14O2/c1-6-3-4-8(7(2)10)5-9(6)11/h3,8-11H,2,4-5H2,1H3. The zero-order valence-corrected chi connectivity index (χ0v) is 6.75. The van der Waals surface area contributed by atoms with Crippen molar-refractivity contribution in [3.8, 4) is 0 Å². The maximum Gasteiger partial charge on any atom is 0.0886 e. The summed E-state index contributed by atoms with van der Waals surface area (Å²) in [5.74, 6) is 0.238. The molecule has 2 unspecified atom stereocenters. The lowest BCUT2D eigenvalue weighted by Gasteiger charge is -2.23. The van der Waals surface area contributed by atoms with Crippen molar-refractivity contribution >= 4 is 0 Å². The summed E-state index contributed by atoms with van der Waals surface area (Å²) in [6.45, 7) is 5.36. The van der Waals surface area contributed by atoms with Crippen molar-refractivity contribution in [2.75, 3.05) is 0 Å². The van der Waals surface area contributed by atoms with Crippen molar-refractivity contribution in [3.05, 3.63) is 24.0 Å². The average Bonchev–Trinajstić information content (AvgIpc) is 1.94. The molecule has 0 aromatic rings. The third-order valence-corrected chi connectivity index (χ3v) is 2.23. The summed E-state index contributed by atoms with van der Waals surface area (Å²) in [5.41, 5.74) is 1.00. The van der Waals surface area contributed by atoms with Gasteiger partial charge in [0.15, 0.2) is 0 Å². The summed E-state index contributed by atoms with van der Waals surface area (Å²) >= 11 is 0. The molecule has 0 saturated carbocycles. The Kier molecular flexibility index (Phi) is 2.35. The first-order valence-corrected chi connectivity index (χ1v) is 3.83. The predicted molar refractivity (Wildman–Crippen MR) is 44.3 cm³/mol. The number of rotatable bonds is 1. The van der Waals surface area contributed by atoms with E-state index >= 15 is 0 Å². The van der Waals surface area contributed by atoms with Crippen molar-refractivity contribution in [1.82, 2.24) is 0 Å². The fourth-order valence-corrected chi connectivity index (χ4v) is 1.29. The molecule has 0 heterocycles. The Morgan fingerprint density at radius 2 is 2.36 bits per heavy atom. The van der Waals surface area contributed by atoms with Crippen molar-refractivity contribution in [2.24, 2.45) is 5.92 Å². The largest absolute Gasteiger partial charge is 0.513 e. The summed E-state index contributed by atoms with van der Waals surface area (Å²) < 4.78 is 0. The van der Waals surface area contributed by atoms with E-state index < -0.39 is 6.10 Å². The van der Waals surface area contributed by atoms with Crippen molar-refractivity contribution in [3.63, 3.8) is 0 Å². The summed E-state index contributed by atoms with van der Waals surface area (Å²) in [4.78, 5) is 0. The first kappa shape index (κ1) is 8.34. The van der Waals surface area contributed by atoms with Crippen LogP contribution in [0.25, 0.3) is 0 Å². The van der Waals surface area contributed by atoms with Crippen LogP contribution in [0.4, 0.5) is 0 Å². The third kappa shape index (κ3) is 1.84. The Morgan fingerprint density at radius 3 is 2.82 bits per heavy atom. The monoisotopic (exact) mass is 154 g/mol. The average molecular weight is 154 g/mol. The molecule has 0 spiro atoms. The highest BCUT2D eigenvalue weighted by atomic mass is 16.3. The van der Waals surface area contributed by atoms with E-state index in [4.69, 9.17) is 5.11 Å². The molecule has 2 heteroatoms. The van der Waals surface area contributed by atoms with E-state index in [9.17, 15) is 5.11 Å². The lowest BCUT2D eigenvalue weighted by atomic mass is 9.87. The van der Waals surface area contributed by atoms with Gasteiger partial charge in [-0.3, -0.25) is 0 Å². The quantitative estimate of drug-likeness (QED) is 0.446. The maximum atomic E-state index is 9.38. The van der Waals surface area contributed by atoms with Crippen LogP contribution in [0.1, 0.15) is 19.8 Å². The molecule has 2 nitrogen and oxygen atoms in total. The van der Waals surface area contributed by atoms with Crippen LogP contribution in [0.3, 0.4) is 0 Å². The van der Waals surface area contributed by atoms with E-state index in [2.05, 4.69) is 6.58 Å². The van der Waals surface area contributed by atoms with Gasteiger partial charge in [-0.05, 0) is 25.3 Å². The van der Waals surface area contributed by atoms with Crippen LogP contribution in [0.2, 0.25) is 0 Å². The molecule has 1 aliphatic carbocycles. The van der Waals surface area contributed by atoms with Gasteiger partial charge in [-0.25, -0.2) is 0 Å². The molecule has 1 rings (SSSR count). The highest BCUT2D eigenvalue weighted by Gasteiger charge is 2.21. The van der Waals surface area contributed by atoms with Gasteiger partial charge in [0.05, 0.1) is 11.9 Å². The van der Waals surface area contributed by atoms with E-state index in [1.165, 1.54) is 0 Å². The minimum Gasteiger partial charge on any atom is -0.513 e. The van der Waals surface area contributed by atoms with Gasteiger partial charge in [-0.2, -0.15) is 0 Å². The van der Waals surface area contributed by atoms with Crippen LogP contribution in [0.15, 0.2) is 24.0 Å². The number of allylic oxidation sites excluding steroid dienone is 2. The van der Waals surface area contributed by atoms with E-state index in [0.29, 0.717) is 6.42 Å². The van der Waals surface area contributed by atoms with Crippen LogP contribution in [-0.2, 0) is 0 Å². The Labute approximate surface area is 66.9 Å². The number of aliphatic hydroxyl groups is 2. The van der Waals surface area contributed by atoms with Crippen LogP contribution in [0.5, 0.6) is 0 Å². The van der Waals surface area contributed by atoms with Gasteiger partial charge in [0, 0.05) is 5.92 Å². The zero-order valence-electron chi connectivity index (χ0n) is 6.75. The molecular weight excluding hydrogens is 140 g/mol. The summed E-state index contributed by atoms with van der Waals surface area (Å²) in [7, 11) is 0. The van der Waals surface area contributed by atoms with Crippen molar-refractivity contribution < 1.29 is 10.2 Å². The maximum absolute atomic E-state index is 9.38. The van der Waals surface area contributed by atoms with Crippen LogP contribution >= 0.6 is 0 Å². The highest BCUT2D eigenvalue weighted by molar-refractivity contribution is 5.12. The fourth-order valence-electron chi connectivity index (χ4n) is 1.29. The van der Waals surface area contributed by atoms with Crippen LogP contribution in [0, 0.1) is 5.92 Å². The topological polar surface area (TPSA) is 40.5 Å². The first-order valence-electron chi connectivity index (χ1n) is 3.83. The molecule has 2 N–H and O–H groups in total. The number of hydrogen-bond donors (Lipinski definition) is 2. The lowest BCUT2D eigenvalue weighted by Crippen LogP contribution is -2.20. The van der Waals surface area contributed by atoms with Crippen LogP contribution in [-0.4, -0.2) is 16.3 Å². The first-order chi connectivity index (χ1) is 5.11. The molecule has 0 aromatic carbocycles. The predicted octanol–water partition coefficient (Wildman–Crippen LogP) is 1.78. The second kappa shape index (κ2) is 3.09. The highest BCUT2D eigenvalue weighted by Crippen LogP contribution is 2.27. The molecule has 0 aliphatic heterocycles.